The van der Waals surface area contributed by atoms with Crippen LogP contribution < -0.4 is 15.3 Å². The molecule has 0 spiro atoms. The minimum atomic E-state index is -1.61. The molecule has 0 saturated carbocycles. The summed E-state index contributed by atoms with van der Waals surface area (Å²) in [6.07, 6.45) is 0. The van der Waals surface area contributed by atoms with Gasteiger partial charge in [0.15, 0.2) is 0 Å². The van der Waals surface area contributed by atoms with Crippen LogP contribution in [0.3, 0.4) is 0 Å². The summed E-state index contributed by atoms with van der Waals surface area (Å²) in [5.74, 6) is 0. The Morgan fingerprint density at radius 1 is 0.786 bits per heavy atom. The summed E-state index contributed by atoms with van der Waals surface area (Å²) >= 11 is 12.2. The Kier molecular flexibility index (Phi) is 37.9. The molecule has 0 radical (unpaired) electrons. The molecule has 0 aliphatic rings. The van der Waals surface area contributed by atoms with Gasteiger partial charge in [-0.05, 0) is 0 Å². The Bertz CT molecular complexity index is 119. The van der Waals surface area contributed by atoms with Crippen LogP contribution in [0.5, 0.6) is 0 Å². The van der Waals surface area contributed by atoms with Gasteiger partial charge < -0.3 is 29.7 Å². The van der Waals surface area contributed by atoms with Crippen LogP contribution >= 0.6 is 34.8 Å². The van der Waals surface area contributed by atoms with Crippen molar-refractivity contribution in [2.24, 2.45) is 0 Å². The molecule has 0 aliphatic carbocycles. The van der Waals surface area contributed by atoms with Crippen molar-refractivity contribution in [2.75, 3.05) is 0 Å². The van der Waals surface area contributed by atoms with E-state index in [1.807, 2.05) is 0 Å². The van der Waals surface area contributed by atoms with Crippen molar-refractivity contribution in [3.63, 3.8) is 0 Å². The predicted molar refractivity (Wildman–Crippen MR) is 42.7 cm³/mol. The molecule has 0 saturated heterocycles. The Morgan fingerprint density at radius 3 is 0.786 bits per heavy atom. The van der Waals surface area contributed by atoms with Gasteiger partial charge >= 0.3 is 13.8 Å². The normalized spacial score (nSPS) is 5.86. The van der Waals surface area contributed by atoms with E-state index < -0.39 is 16.3 Å². The molecule has 0 amide bonds. The van der Waals surface area contributed by atoms with Crippen LogP contribution in [0.15, 0.2) is 0 Å². The third kappa shape index (κ3) is 2300. The van der Waals surface area contributed by atoms with Crippen molar-refractivity contribution in [1.29, 1.82) is 0 Å². The van der Waals surface area contributed by atoms with Crippen molar-refractivity contribution >= 4 is 51.1 Å². The molecule has 0 fully saturated rings. The molecule has 6 nitrogen and oxygen atoms in total. The zero-order valence-electron chi connectivity index (χ0n) is 6.58. The second-order valence-corrected chi connectivity index (χ2v) is 1.64. The number of halogens is 3. The number of hydrogen-bond donors (Lipinski definition) is 0. The van der Waals surface area contributed by atoms with Gasteiger partial charge in [0.05, 0.1) is 0 Å². The van der Waals surface area contributed by atoms with Crippen molar-refractivity contribution < 1.29 is 29.7 Å². The Balaban J connectivity index is -0.0000000492. The van der Waals surface area contributed by atoms with E-state index in [4.69, 9.17) is 36.6 Å². The van der Waals surface area contributed by atoms with Crippen molar-refractivity contribution in [1.82, 2.24) is 0 Å². The van der Waals surface area contributed by atoms with E-state index in [1.165, 1.54) is 6.92 Å². The van der Waals surface area contributed by atoms with Crippen LogP contribution in [0, 0.1) is 6.92 Å². The minimum absolute atomic E-state index is 1.25. The first kappa shape index (κ1) is 23.3. The van der Waals surface area contributed by atoms with E-state index in [1.54, 1.807) is 0 Å². The van der Waals surface area contributed by atoms with Gasteiger partial charge in [-0.25, -0.2) is 0 Å². The van der Waals surface area contributed by atoms with Gasteiger partial charge in [0.25, 0.3) is 0 Å². The zero-order valence-corrected chi connectivity index (χ0v) is 8.85. The van der Waals surface area contributed by atoms with E-state index in [0.717, 1.165) is 0 Å². The van der Waals surface area contributed by atoms with Gasteiger partial charge in [0.2, 0.25) is 0 Å². The van der Waals surface area contributed by atoms with Crippen molar-refractivity contribution in [2.45, 2.75) is 6.92 Å². The summed E-state index contributed by atoms with van der Waals surface area (Å²) < 4.78 is 0. The molecule has 9 heteroatoms. The first-order valence-electron chi connectivity index (χ1n) is 2.29. The van der Waals surface area contributed by atoms with Gasteiger partial charge in [0.1, 0.15) is 16.3 Å². The first-order valence-corrected chi connectivity index (χ1v) is 3.43. The Labute approximate surface area is 95.0 Å². The molecular formula is C5H3Cl3O6. The summed E-state index contributed by atoms with van der Waals surface area (Å²) in [7, 11) is 0. The molecule has 0 aromatic heterocycles. The van der Waals surface area contributed by atoms with Crippen LogP contribution in [0.2, 0.25) is 0 Å². The van der Waals surface area contributed by atoms with Crippen LogP contribution in [0.25, 0.3) is 0 Å². The van der Waals surface area contributed by atoms with Gasteiger partial charge in [-0.3, -0.25) is 0 Å². The number of carboxylic acid groups (broad SMARTS) is 3. The second-order valence-electron chi connectivity index (χ2n) is 0.713. The molecule has 0 aliphatic heterocycles. The fourth-order valence-corrected chi connectivity index (χ4v) is 0. The van der Waals surface area contributed by atoms with E-state index in [2.05, 4.69) is 34.8 Å². The molecule has 0 unspecified atom stereocenters. The van der Waals surface area contributed by atoms with Crippen molar-refractivity contribution in [3.05, 3.63) is 6.92 Å². The molecule has 0 atom stereocenters. The molecule has 0 aromatic rings. The van der Waals surface area contributed by atoms with E-state index in [9.17, 15) is 0 Å². The number of carbonyl (C=O) groups is 3. The summed E-state index contributed by atoms with van der Waals surface area (Å²) in [6.45, 7) is 7.00. The predicted octanol–water partition coefficient (Wildman–Crippen LogP) is -0.700. The average molecular weight is 265 g/mol. The topological polar surface area (TPSA) is 120 Å². The SMILES string of the molecule is O=C([O-])Cl.O=C([O-])Cl.O=C([O-])Cl.[C+3]C. The molecule has 14 heavy (non-hydrogen) atoms. The van der Waals surface area contributed by atoms with Gasteiger partial charge in [-0.15, -0.1) is 0 Å². The molecule has 80 valence electrons. The molecular weight excluding hydrogens is 262 g/mol. The fourth-order valence-electron chi connectivity index (χ4n) is 0. The summed E-state index contributed by atoms with van der Waals surface area (Å²) in [5.41, 5.74) is -4.83. The second kappa shape index (κ2) is 22.8. The van der Waals surface area contributed by atoms with Crippen LogP contribution in [0.4, 0.5) is 14.4 Å². The van der Waals surface area contributed by atoms with Crippen LogP contribution in [0.1, 0.15) is 6.92 Å². The molecule has 0 rings (SSSR count). The molecule has 0 aromatic carbocycles. The maximum absolute atomic E-state index is 8.65. The van der Waals surface area contributed by atoms with Crippen molar-refractivity contribution in [3.8, 4) is 0 Å². The van der Waals surface area contributed by atoms with Gasteiger partial charge in [0, 0.05) is 0 Å². The first-order chi connectivity index (χ1) is 6.20. The molecule has 0 bridgehead atoms. The standard InChI is InChI=1S/C2H3.3CHClO2/c1-2;3*2-1(3)4/h1H3;3*(H,3,4)/q+3;;;/p-3. The van der Waals surface area contributed by atoms with Gasteiger partial charge in [-0.1, -0.05) is 34.8 Å². The van der Waals surface area contributed by atoms with Crippen LogP contribution in [-0.4, -0.2) is 16.3 Å². The maximum atomic E-state index is 8.65. The number of carbonyl (C=O) groups excluding carboxylic acids is 3. The monoisotopic (exact) mass is 264 g/mol. The van der Waals surface area contributed by atoms with E-state index in [0.29, 0.717) is 0 Å². The zero-order chi connectivity index (χ0) is 12.7. The number of rotatable bonds is 0. The van der Waals surface area contributed by atoms with Gasteiger partial charge in [-0.2, -0.15) is 0 Å². The summed E-state index contributed by atoms with van der Waals surface area (Å²) in [5, 5.41) is 26.0. The summed E-state index contributed by atoms with van der Waals surface area (Å²) in [4.78, 5) is 26.0. The third-order valence-electron chi connectivity index (χ3n) is 0. The Hall–Kier alpha value is -0.720. The average Bonchev–Trinajstić information content (AvgIpc) is 1.86. The third-order valence-corrected chi connectivity index (χ3v) is 0. The Morgan fingerprint density at radius 2 is 0.786 bits per heavy atom. The van der Waals surface area contributed by atoms with E-state index in [-0.39, 0.29) is 0 Å². The summed E-state index contributed by atoms with van der Waals surface area (Å²) in [6, 6.07) is 0. The van der Waals surface area contributed by atoms with Crippen LogP contribution in [-0.2, 0) is 0 Å². The quantitative estimate of drug-likeness (QED) is 0.534. The fraction of sp³-hybridized carbons (Fsp3) is 0.200. The van der Waals surface area contributed by atoms with E-state index >= 15 is 0 Å². The number of hydrogen-bond acceptors (Lipinski definition) is 6. The molecule has 0 heterocycles. The molecule has 0 N–H and O–H groups in total.